The number of benzene rings is 1. The Morgan fingerprint density at radius 3 is 2.42 bits per heavy atom. The van der Waals surface area contributed by atoms with Gasteiger partial charge in [0, 0.05) is 68.7 Å². The van der Waals surface area contributed by atoms with E-state index < -0.39 is 10.0 Å². The van der Waals surface area contributed by atoms with Crippen LogP contribution in [0.2, 0.25) is 0 Å². The zero-order valence-corrected chi connectivity index (χ0v) is 21.5. The van der Waals surface area contributed by atoms with Gasteiger partial charge in [0.25, 0.3) is 0 Å². The van der Waals surface area contributed by atoms with Gasteiger partial charge in [-0.1, -0.05) is 6.07 Å². The molecule has 0 unspecified atom stereocenters. The van der Waals surface area contributed by atoms with E-state index in [-0.39, 0.29) is 18.0 Å². The van der Waals surface area contributed by atoms with Gasteiger partial charge in [-0.25, -0.2) is 18.1 Å². The maximum atomic E-state index is 11.7. The summed E-state index contributed by atoms with van der Waals surface area (Å²) >= 11 is 0. The van der Waals surface area contributed by atoms with Gasteiger partial charge in [0.15, 0.2) is 0 Å². The lowest BCUT2D eigenvalue weighted by Gasteiger charge is -2.36. The number of fused-ring (bicyclic) bond motifs is 1. The van der Waals surface area contributed by atoms with Crippen molar-refractivity contribution in [2.45, 2.75) is 44.7 Å². The van der Waals surface area contributed by atoms with Crippen molar-refractivity contribution in [2.24, 2.45) is 0 Å². The van der Waals surface area contributed by atoms with Crippen LogP contribution in [0.3, 0.4) is 0 Å². The lowest BCUT2D eigenvalue weighted by Crippen LogP contribution is -2.48. The van der Waals surface area contributed by atoms with Crippen molar-refractivity contribution in [3.63, 3.8) is 0 Å². The van der Waals surface area contributed by atoms with Crippen LogP contribution in [0.1, 0.15) is 32.6 Å². The van der Waals surface area contributed by atoms with Crippen LogP contribution in [0.25, 0.3) is 16.7 Å². The number of rotatable bonds is 6. The van der Waals surface area contributed by atoms with Gasteiger partial charge >= 0.3 is 0 Å². The van der Waals surface area contributed by atoms with E-state index in [9.17, 15) is 13.2 Å². The first-order chi connectivity index (χ1) is 17.3. The summed E-state index contributed by atoms with van der Waals surface area (Å²) in [7, 11) is -3.18. The average Bonchev–Trinajstić information content (AvgIpc) is 3.29. The highest BCUT2D eigenvalue weighted by Gasteiger charge is 2.24. The fraction of sp³-hybridized carbons (Fsp3) is 0.480. The van der Waals surface area contributed by atoms with Gasteiger partial charge < -0.3 is 19.7 Å². The van der Waals surface area contributed by atoms with Crippen molar-refractivity contribution >= 4 is 38.5 Å². The molecule has 11 heteroatoms. The summed E-state index contributed by atoms with van der Waals surface area (Å²) in [5.41, 5.74) is 2.24. The van der Waals surface area contributed by atoms with E-state index in [1.54, 1.807) is 13.1 Å². The molecule has 1 aliphatic carbocycles. The number of aromatic nitrogens is 3. The van der Waals surface area contributed by atoms with E-state index in [0.717, 1.165) is 68.6 Å². The van der Waals surface area contributed by atoms with Crippen LogP contribution < -0.4 is 14.9 Å². The minimum atomic E-state index is -3.18. The average molecular weight is 512 g/mol. The summed E-state index contributed by atoms with van der Waals surface area (Å²) < 4.78 is 27.8. The second-order valence-corrected chi connectivity index (χ2v) is 11.5. The molecule has 1 aliphatic heterocycles. The van der Waals surface area contributed by atoms with Crippen molar-refractivity contribution in [1.82, 2.24) is 24.2 Å². The first-order valence-corrected chi connectivity index (χ1v) is 14.3. The quantitative estimate of drug-likeness (QED) is 0.522. The largest absolute Gasteiger partial charge is 0.367 e. The fourth-order valence-corrected chi connectivity index (χ4v) is 6.12. The summed E-state index contributed by atoms with van der Waals surface area (Å²) in [6.45, 7) is 4.72. The number of nitrogens with zero attached hydrogens (tertiary/aromatic N) is 5. The molecule has 3 heterocycles. The topological polar surface area (TPSA) is 112 Å². The molecule has 10 nitrogen and oxygen atoms in total. The van der Waals surface area contributed by atoms with Gasteiger partial charge in [-0.2, -0.15) is 4.98 Å². The highest BCUT2D eigenvalue weighted by atomic mass is 32.2. The van der Waals surface area contributed by atoms with E-state index in [1.807, 2.05) is 17.2 Å². The zero-order valence-electron chi connectivity index (χ0n) is 20.7. The van der Waals surface area contributed by atoms with Crippen LogP contribution in [0.4, 0.5) is 11.6 Å². The van der Waals surface area contributed by atoms with Crippen molar-refractivity contribution < 1.29 is 13.2 Å². The number of carbonyl (C=O) groups excluding carboxylic acids is 1. The molecule has 1 saturated heterocycles. The fourth-order valence-electron chi connectivity index (χ4n) is 5.28. The predicted octanol–water partition coefficient (Wildman–Crippen LogP) is 2.36. The third-order valence-corrected chi connectivity index (χ3v) is 7.87. The van der Waals surface area contributed by atoms with Crippen molar-refractivity contribution in [2.75, 3.05) is 42.7 Å². The predicted molar refractivity (Wildman–Crippen MR) is 141 cm³/mol. The van der Waals surface area contributed by atoms with Crippen LogP contribution in [0.15, 0.2) is 42.7 Å². The maximum Gasteiger partial charge on any atom is 0.224 e. The first-order valence-electron chi connectivity index (χ1n) is 12.4. The summed E-state index contributed by atoms with van der Waals surface area (Å²) in [5, 5.41) is 4.59. The van der Waals surface area contributed by atoms with Crippen LogP contribution >= 0.6 is 0 Å². The van der Waals surface area contributed by atoms with Crippen molar-refractivity contribution in [3.8, 4) is 5.82 Å². The Bertz CT molecular complexity index is 1340. The molecule has 0 spiro atoms. The molecule has 36 heavy (non-hydrogen) atoms. The molecule has 2 aliphatic rings. The van der Waals surface area contributed by atoms with Gasteiger partial charge in [0.05, 0.1) is 11.8 Å². The molecular formula is C25H33N7O3S. The van der Waals surface area contributed by atoms with Crippen LogP contribution in [-0.2, 0) is 14.8 Å². The Balaban J connectivity index is 1.30. The molecule has 0 atom stereocenters. The molecule has 0 radical (unpaired) electrons. The third-order valence-electron chi connectivity index (χ3n) is 7.10. The number of piperazine rings is 1. The summed E-state index contributed by atoms with van der Waals surface area (Å²) in [6, 6.07) is 10.5. The van der Waals surface area contributed by atoms with E-state index in [1.165, 1.54) is 11.9 Å². The third kappa shape index (κ3) is 5.46. The maximum absolute atomic E-state index is 11.7. The monoisotopic (exact) mass is 511 g/mol. The Morgan fingerprint density at radius 2 is 1.72 bits per heavy atom. The Labute approximate surface area is 211 Å². The zero-order chi connectivity index (χ0) is 25.3. The number of anilines is 2. The first kappa shape index (κ1) is 24.5. The normalized spacial score (nSPS) is 21.1. The molecular weight excluding hydrogens is 478 g/mol. The Hall–Kier alpha value is -3.18. The minimum absolute atomic E-state index is 0.00354. The van der Waals surface area contributed by atoms with E-state index in [4.69, 9.17) is 4.98 Å². The number of nitrogens with one attached hydrogen (secondary N) is 2. The van der Waals surface area contributed by atoms with Crippen molar-refractivity contribution in [1.29, 1.82) is 0 Å². The number of hydrogen-bond acceptors (Lipinski definition) is 7. The van der Waals surface area contributed by atoms with Crippen LogP contribution in [0.5, 0.6) is 0 Å². The second kappa shape index (κ2) is 10.1. The number of amides is 1. The number of hydrogen-bond donors (Lipinski definition) is 2. The van der Waals surface area contributed by atoms with Gasteiger partial charge in [-0.05, 0) is 49.9 Å². The summed E-state index contributed by atoms with van der Waals surface area (Å²) in [4.78, 5) is 25.1. The SMILES string of the molecule is CC(=O)N1CCN(c2cccc3c2ccn3-c2ccnc(NC3CCC(NS(C)(=O)=O)CC3)n2)CC1. The van der Waals surface area contributed by atoms with Crippen LogP contribution in [-0.4, -0.2) is 78.3 Å². The molecule has 2 fully saturated rings. The molecule has 1 saturated carbocycles. The van der Waals surface area contributed by atoms with Gasteiger partial charge in [-0.3, -0.25) is 4.79 Å². The number of sulfonamides is 1. The molecule has 3 aromatic rings. The molecule has 2 N–H and O–H groups in total. The van der Waals surface area contributed by atoms with Gasteiger partial charge in [0.2, 0.25) is 21.9 Å². The van der Waals surface area contributed by atoms with Gasteiger partial charge in [-0.15, -0.1) is 0 Å². The van der Waals surface area contributed by atoms with Gasteiger partial charge in [0.1, 0.15) is 5.82 Å². The molecule has 1 amide bonds. The highest BCUT2D eigenvalue weighted by molar-refractivity contribution is 7.88. The lowest BCUT2D eigenvalue weighted by molar-refractivity contribution is -0.129. The standard InChI is InChI=1S/C25H33N7O3S/c1-18(33)30-14-16-31(17-15-30)22-4-3-5-23-21(22)11-13-32(23)24-10-12-26-25(28-24)27-19-6-8-20(9-7-19)29-36(2,34)35/h3-5,10-13,19-20,29H,6-9,14-17H2,1-2H3,(H,26,27,28). The highest BCUT2D eigenvalue weighted by Crippen LogP contribution is 2.30. The molecule has 5 rings (SSSR count). The molecule has 0 bridgehead atoms. The van der Waals surface area contributed by atoms with E-state index in [2.05, 4.69) is 48.8 Å². The van der Waals surface area contributed by atoms with E-state index >= 15 is 0 Å². The summed E-state index contributed by atoms with van der Waals surface area (Å²) in [6.07, 6.45) is 8.29. The molecule has 1 aromatic carbocycles. The van der Waals surface area contributed by atoms with Crippen molar-refractivity contribution in [3.05, 3.63) is 42.7 Å². The smallest absolute Gasteiger partial charge is 0.224 e. The minimum Gasteiger partial charge on any atom is -0.367 e. The molecule has 2 aromatic heterocycles. The van der Waals surface area contributed by atoms with Crippen LogP contribution in [0, 0.1) is 0 Å². The molecule has 192 valence electrons. The Morgan fingerprint density at radius 1 is 1.00 bits per heavy atom. The summed E-state index contributed by atoms with van der Waals surface area (Å²) in [5.74, 6) is 1.49. The Kier molecular flexibility index (Phi) is 6.85. The lowest BCUT2D eigenvalue weighted by atomic mass is 9.92. The second-order valence-electron chi connectivity index (χ2n) is 9.71. The number of carbonyl (C=O) groups is 1. The van der Waals surface area contributed by atoms with E-state index in [0.29, 0.717) is 5.95 Å².